The third kappa shape index (κ3) is 4.84. The zero-order valence-corrected chi connectivity index (χ0v) is 14.0. The molecule has 0 spiro atoms. The Morgan fingerprint density at radius 3 is 2.82 bits per heavy atom. The predicted molar refractivity (Wildman–Crippen MR) is 91.4 cm³/mol. The van der Waals surface area contributed by atoms with E-state index in [1.165, 1.54) is 4.90 Å². The van der Waals surface area contributed by atoms with E-state index in [0.717, 1.165) is 23.4 Å². The predicted octanol–water partition coefficient (Wildman–Crippen LogP) is 4.80. The van der Waals surface area contributed by atoms with E-state index in [4.69, 9.17) is 4.42 Å². The van der Waals surface area contributed by atoms with E-state index < -0.39 is 0 Å². The minimum absolute atomic E-state index is 0.234. The van der Waals surface area contributed by atoms with Crippen molar-refractivity contribution in [2.75, 3.05) is 5.32 Å². The highest BCUT2D eigenvalue weighted by Gasteiger charge is 2.07. The summed E-state index contributed by atoms with van der Waals surface area (Å²) < 4.78 is 5.18. The van der Waals surface area contributed by atoms with Gasteiger partial charge in [0.1, 0.15) is 5.76 Å². The van der Waals surface area contributed by atoms with Crippen molar-refractivity contribution in [3.8, 4) is 0 Å². The van der Waals surface area contributed by atoms with E-state index in [9.17, 15) is 4.79 Å². The highest BCUT2D eigenvalue weighted by atomic mass is 32.2. The lowest BCUT2D eigenvalue weighted by molar-refractivity contribution is 0.251. The molecule has 0 fully saturated rings. The van der Waals surface area contributed by atoms with Crippen molar-refractivity contribution in [1.29, 1.82) is 0 Å². The van der Waals surface area contributed by atoms with Crippen LogP contribution in [0.4, 0.5) is 10.5 Å². The number of furan rings is 1. The van der Waals surface area contributed by atoms with Crippen LogP contribution in [0.25, 0.3) is 0 Å². The van der Waals surface area contributed by atoms with Gasteiger partial charge >= 0.3 is 6.03 Å². The molecule has 0 aliphatic heterocycles. The highest BCUT2D eigenvalue weighted by molar-refractivity contribution is 7.99. The summed E-state index contributed by atoms with van der Waals surface area (Å²) in [5.74, 6) is 0.729. The summed E-state index contributed by atoms with van der Waals surface area (Å²) in [6.45, 7) is 6.78. The van der Waals surface area contributed by atoms with Gasteiger partial charge in [-0.05, 0) is 49.2 Å². The summed E-state index contributed by atoms with van der Waals surface area (Å²) in [5.41, 5.74) is 1.88. The van der Waals surface area contributed by atoms with E-state index in [1.54, 1.807) is 12.3 Å². The first-order chi connectivity index (χ1) is 10.6. The van der Waals surface area contributed by atoms with Crippen LogP contribution in [0, 0.1) is 6.92 Å². The second kappa shape index (κ2) is 7.94. The monoisotopic (exact) mass is 318 g/mol. The second-order valence-electron chi connectivity index (χ2n) is 5.20. The Balaban J connectivity index is 1.90. The van der Waals surface area contributed by atoms with Crippen LogP contribution < -0.4 is 10.6 Å². The van der Waals surface area contributed by atoms with Gasteiger partial charge < -0.3 is 15.1 Å². The maximum absolute atomic E-state index is 11.9. The average Bonchev–Trinajstić information content (AvgIpc) is 3.01. The number of aryl methyl sites for hydroxylation is 1. The van der Waals surface area contributed by atoms with Crippen molar-refractivity contribution >= 4 is 23.5 Å². The van der Waals surface area contributed by atoms with Crippen LogP contribution in [0.1, 0.15) is 31.6 Å². The normalized spacial score (nSPS) is 12.0. The SMILES string of the molecule is CCC(C)Sc1ccc(NC(=O)NCc2ccco2)c(C)c1. The third-order valence-electron chi connectivity index (χ3n) is 3.36. The molecule has 0 radical (unpaired) electrons. The zero-order chi connectivity index (χ0) is 15.9. The molecule has 0 bridgehead atoms. The van der Waals surface area contributed by atoms with E-state index >= 15 is 0 Å². The average molecular weight is 318 g/mol. The molecule has 1 heterocycles. The first-order valence-electron chi connectivity index (χ1n) is 7.43. The highest BCUT2D eigenvalue weighted by Crippen LogP contribution is 2.28. The molecular weight excluding hydrogens is 296 g/mol. The molecule has 2 aromatic rings. The number of urea groups is 1. The van der Waals surface area contributed by atoms with Crippen LogP contribution in [0.15, 0.2) is 45.9 Å². The summed E-state index contributed by atoms with van der Waals surface area (Å²) in [6, 6.07) is 9.50. The van der Waals surface area contributed by atoms with E-state index in [0.29, 0.717) is 11.8 Å². The molecule has 0 aliphatic rings. The molecule has 2 N–H and O–H groups in total. The van der Waals surface area contributed by atoms with Gasteiger partial charge in [-0.25, -0.2) is 4.79 Å². The van der Waals surface area contributed by atoms with Crippen molar-refractivity contribution in [3.63, 3.8) is 0 Å². The lowest BCUT2D eigenvalue weighted by Gasteiger charge is -2.12. The van der Waals surface area contributed by atoms with Crippen molar-refractivity contribution in [2.45, 2.75) is 43.9 Å². The Morgan fingerprint density at radius 1 is 1.36 bits per heavy atom. The van der Waals surface area contributed by atoms with Gasteiger partial charge in [-0.2, -0.15) is 0 Å². The quantitative estimate of drug-likeness (QED) is 0.752. The van der Waals surface area contributed by atoms with Crippen molar-refractivity contribution < 1.29 is 9.21 Å². The smallest absolute Gasteiger partial charge is 0.319 e. The minimum Gasteiger partial charge on any atom is -0.467 e. The van der Waals surface area contributed by atoms with Crippen LogP contribution in [-0.2, 0) is 6.54 Å². The van der Waals surface area contributed by atoms with Crippen LogP contribution in [0.5, 0.6) is 0 Å². The molecule has 0 saturated carbocycles. The number of carbonyl (C=O) groups is 1. The van der Waals surface area contributed by atoms with Gasteiger partial charge in [-0.15, -0.1) is 11.8 Å². The Morgan fingerprint density at radius 2 is 2.18 bits per heavy atom. The van der Waals surface area contributed by atoms with Gasteiger partial charge in [-0.1, -0.05) is 13.8 Å². The van der Waals surface area contributed by atoms with Crippen LogP contribution in [-0.4, -0.2) is 11.3 Å². The maximum Gasteiger partial charge on any atom is 0.319 e. The number of benzene rings is 1. The summed E-state index contributed by atoms with van der Waals surface area (Å²) in [5, 5.41) is 6.23. The number of carbonyl (C=O) groups excluding carboxylic acids is 1. The van der Waals surface area contributed by atoms with Crippen molar-refractivity contribution in [1.82, 2.24) is 5.32 Å². The van der Waals surface area contributed by atoms with E-state index in [2.05, 4.69) is 30.5 Å². The van der Waals surface area contributed by atoms with Crippen molar-refractivity contribution in [2.24, 2.45) is 0 Å². The summed E-state index contributed by atoms with van der Waals surface area (Å²) >= 11 is 1.85. The van der Waals surface area contributed by atoms with Gasteiger partial charge in [0, 0.05) is 15.8 Å². The first kappa shape index (κ1) is 16.5. The molecule has 0 saturated heterocycles. The van der Waals surface area contributed by atoms with Gasteiger partial charge in [0.2, 0.25) is 0 Å². The molecule has 1 atom stereocenters. The number of anilines is 1. The summed E-state index contributed by atoms with van der Waals surface area (Å²) in [7, 11) is 0. The van der Waals surface area contributed by atoms with Crippen LogP contribution in [0.3, 0.4) is 0 Å². The maximum atomic E-state index is 11.9. The van der Waals surface area contributed by atoms with Gasteiger partial charge in [-0.3, -0.25) is 0 Å². The fraction of sp³-hybridized carbons (Fsp3) is 0.353. The zero-order valence-electron chi connectivity index (χ0n) is 13.2. The molecular formula is C17H22N2O2S. The lowest BCUT2D eigenvalue weighted by atomic mass is 10.2. The molecule has 0 aliphatic carbocycles. The Bertz CT molecular complexity index is 611. The number of amides is 2. The Labute approximate surface area is 135 Å². The number of hydrogen-bond donors (Lipinski definition) is 2. The lowest BCUT2D eigenvalue weighted by Crippen LogP contribution is -2.28. The minimum atomic E-state index is -0.234. The molecule has 4 nitrogen and oxygen atoms in total. The first-order valence-corrected chi connectivity index (χ1v) is 8.31. The fourth-order valence-corrected chi connectivity index (χ4v) is 2.94. The second-order valence-corrected chi connectivity index (χ2v) is 6.71. The van der Waals surface area contributed by atoms with Crippen LogP contribution in [0.2, 0.25) is 0 Å². The van der Waals surface area contributed by atoms with E-state index in [-0.39, 0.29) is 6.03 Å². The van der Waals surface area contributed by atoms with Crippen LogP contribution >= 0.6 is 11.8 Å². The molecule has 1 aromatic heterocycles. The van der Waals surface area contributed by atoms with E-state index in [1.807, 2.05) is 36.9 Å². The number of nitrogens with one attached hydrogen (secondary N) is 2. The molecule has 5 heteroatoms. The van der Waals surface area contributed by atoms with Gasteiger partial charge in [0.15, 0.2) is 0 Å². The molecule has 22 heavy (non-hydrogen) atoms. The topological polar surface area (TPSA) is 54.3 Å². The Kier molecular flexibility index (Phi) is 5.95. The number of rotatable bonds is 6. The molecule has 2 rings (SSSR count). The molecule has 1 aromatic carbocycles. The summed E-state index contributed by atoms with van der Waals surface area (Å²) in [4.78, 5) is 13.1. The largest absolute Gasteiger partial charge is 0.467 e. The molecule has 2 amide bonds. The summed E-state index contributed by atoms with van der Waals surface area (Å²) in [6.07, 6.45) is 2.73. The molecule has 118 valence electrons. The number of thioether (sulfide) groups is 1. The fourth-order valence-electron chi connectivity index (χ4n) is 1.91. The molecule has 1 unspecified atom stereocenters. The Hall–Kier alpha value is -1.88. The standard InChI is InChI=1S/C17H22N2O2S/c1-4-13(3)22-15-7-8-16(12(2)10-15)19-17(20)18-11-14-6-5-9-21-14/h5-10,13H,4,11H2,1-3H3,(H2,18,19,20). The van der Waals surface area contributed by atoms with Gasteiger partial charge in [0.25, 0.3) is 0 Å². The third-order valence-corrected chi connectivity index (χ3v) is 4.62. The van der Waals surface area contributed by atoms with Crippen molar-refractivity contribution in [3.05, 3.63) is 47.9 Å². The van der Waals surface area contributed by atoms with Gasteiger partial charge in [0.05, 0.1) is 12.8 Å². The number of hydrogen-bond acceptors (Lipinski definition) is 3.